The van der Waals surface area contributed by atoms with Crippen LogP contribution in [0.5, 0.6) is 5.75 Å². The van der Waals surface area contributed by atoms with Gasteiger partial charge in [0, 0.05) is 51.7 Å². The first-order chi connectivity index (χ1) is 19.6. The molecule has 1 amide bonds. The van der Waals surface area contributed by atoms with Crippen molar-refractivity contribution < 1.29 is 13.9 Å². The van der Waals surface area contributed by atoms with Crippen molar-refractivity contribution in [2.24, 2.45) is 5.92 Å². The first-order valence-corrected chi connectivity index (χ1v) is 14.2. The van der Waals surface area contributed by atoms with Gasteiger partial charge in [-0.3, -0.25) is 9.69 Å². The average Bonchev–Trinajstić information content (AvgIpc) is 3.40. The van der Waals surface area contributed by atoms with E-state index in [4.69, 9.17) is 4.74 Å². The molecule has 8 heteroatoms. The van der Waals surface area contributed by atoms with Crippen molar-refractivity contribution in [2.75, 3.05) is 50.8 Å². The molecule has 3 heterocycles. The number of carbonyl (C=O) groups is 1. The van der Waals surface area contributed by atoms with Crippen LogP contribution in [0.25, 0.3) is 11.0 Å². The Labute approximate surface area is 234 Å². The van der Waals surface area contributed by atoms with E-state index in [1.165, 1.54) is 11.6 Å². The molecule has 0 bridgehead atoms. The standard InChI is InChI=1S/C32H36FN5O2/c33-28-10-1-3-12-30(28)36-17-15-35(16-18-36)20-25-7-5-9-27(19-25)40-23-26-8-6-14-37(21-26)32(39)22-38-24-34-29-11-2-4-13-31(29)38/h1-5,7,9-13,19,24,26H,6,8,14-18,20-23H2. The molecule has 0 N–H and O–H groups in total. The molecule has 40 heavy (non-hydrogen) atoms. The zero-order valence-electron chi connectivity index (χ0n) is 22.8. The molecule has 6 rings (SSSR count). The number of imidazole rings is 1. The Kier molecular flexibility index (Phi) is 7.95. The lowest BCUT2D eigenvalue weighted by Crippen LogP contribution is -2.46. The number of piperidine rings is 1. The van der Waals surface area contributed by atoms with Crippen molar-refractivity contribution in [2.45, 2.75) is 25.9 Å². The molecule has 2 aliphatic rings. The van der Waals surface area contributed by atoms with Gasteiger partial charge in [-0.1, -0.05) is 36.4 Å². The molecule has 0 spiro atoms. The molecule has 2 aliphatic heterocycles. The van der Waals surface area contributed by atoms with Crippen LogP contribution < -0.4 is 9.64 Å². The Balaban J connectivity index is 0.982. The van der Waals surface area contributed by atoms with Crippen LogP contribution in [0.15, 0.2) is 79.1 Å². The summed E-state index contributed by atoms with van der Waals surface area (Å²) in [5.41, 5.74) is 3.80. The Morgan fingerprint density at radius 2 is 1.77 bits per heavy atom. The maximum absolute atomic E-state index is 14.2. The summed E-state index contributed by atoms with van der Waals surface area (Å²) in [6.45, 7) is 6.67. The predicted octanol–water partition coefficient (Wildman–Crippen LogP) is 4.82. The van der Waals surface area contributed by atoms with E-state index < -0.39 is 0 Å². The number of nitrogens with zero attached hydrogens (tertiary/aromatic N) is 5. The Morgan fingerprint density at radius 1 is 0.950 bits per heavy atom. The summed E-state index contributed by atoms with van der Waals surface area (Å²) in [5.74, 6) is 1.16. The van der Waals surface area contributed by atoms with E-state index in [0.29, 0.717) is 24.8 Å². The fraction of sp³-hybridized carbons (Fsp3) is 0.375. The lowest BCUT2D eigenvalue weighted by atomic mass is 9.99. The van der Waals surface area contributed by atoms with E-state index in [-0.39, 0.29) is 11.7 Å². The third kappa shape index (κ3) is 6.12. The molecule has 0 radical (unpaired) electrons. The molecular weight excluding hydrogens is 505 g/mol. The maximum atomic E-state index is 14.2. The first-order valence-electron chi connectivity index (χ1n) is 14.2. The predicted molar refractivity (Wildman–Crippen MR) is 155 cm³/mol. The highest BCUT2D eigenvalue weighted by molar-refractivity contribution is 5.80. The van der Waals surface area contributed by atoms with Crippen molar-refractivity contribution >= 4 is 22.6 Å². The van der Waals surface area contributed by atoms with E-state index in [1.807, 2.05) is 58.0 Å². The van der Waals surface area contributed by atoms with Crippen LogP contribution in [-0.4, -0.2) is 71.1 Å². The molecule has 0 saturated carbocycles. The van der Waals surface area contributed by atoms with Gasteiger partial charge >= 0.3 is 0 Å². The normalized spacial score (nSPS) is 18.3. The summed E-state index contributed by atoms with van der Waals surface area (Å²) in [5, 5.41) is 0. The highest BCUT2D eigenvalue weighted by Crippen LogP contribution is 2.23. The second kappa shape index (κ2) is 12.1. The third-order valence-corrected chi connectivity index (χ3v) is 8.06. The molecule has 1 aromatic heterocycles. The zero-order chi connectivity index (χ0) is 27.3. The van der Waals surface area contributed by atoms with Crippen molar-refractivity contribution in [1.29, 1.82) is 0 Å². The second-order valence-corrected chi connectivity index (χ2v) is 10.9. The number of carbonyl (C=O) groups excluding carboxylic acids is 1. The molecule has 3 aromatic carbocycles. The maximum Gasteiger partial charge on any atom is 0.242 e. The van der Waals surface area contributed by atoms with Gasteiger partial charge in [0.2, 0.25) is 5.91 Å². The molecular formula is C32H36FN5O2. The van der Waals surface area contributed by atoms with Crippen LogP contribution in [0.4, 0.5) is 10.1 Å². The fourth-order valence-electron chi connectivity index (χ4n) is 5.87. The van der Waals surface area contributed by atoms with Gasteiger partial charge in [-0.05, 0) is 54.8 Å². The number of rotatable bonds is 8. The van der Waals surface area contributed by atoms with Crippen molar-refractivity contribution in [1.82, 2.24) is 19.4 Å². The Bertz CT molecular complexity index is 1450. The van der Waals surface area contributed by atoms with Gasteiger partial charge in [0.25, 0.3) is 0 Å². The van der Waals surface area contributed by atoms with E-state index in [9.17, 15) is 9.18 Å². The minimum absolute atomic E-state index is 0.130. The van der Waals surface area contributed by atoms with Crippen LogP contribution in [0.2, 0.25) is 0 Å². The summed E-state index contributed by atoms with van der Waals surface area (Å²) in [7, 11) is 0. The van der Waals surface area contributed by atoms with E-state index in [0.717, 1.165) is 75.4 Å². The molecule has 2 fully saturated rings. The first kappa shape index (κ1) is 26.3. The molecule has 208 valence electrons. The monoisotopic (exact) mass is 541 g/mol. The summed E-state index contributed by atoms with van der Waals surface area (Å²) in [4.78, 5) is 24.0. The number of piperazine rings is 1. The summed E-state index contributed by atoms with van der Waals surface area (Å²) >= 11 is 0. The molecule has 0 aliphatic carbocycles. The van der Waals surface area contributed by atoms with Crippen molar-refractivity contribution in [3.05, 3.63) is 90.5 Å². The average molecular weight is 542 g/mol. The number of para-hydroxylation sites is 3. The van der Waals surface area contributed by atoms with Crippen molar-refractivity contribution in [3.8, 4) is 5.75 Å². The SMILES string of the molecule is O=C(Cn1cnc2ccccc21)N1CCCC(COc2cccc(CN3CCN(c4ccccc4F)CC3)c2)C1. The largest absolute Gasteiger partial charge is 0.493 e. The van der Waals surface area contributed by atoms with Crippen molar-refractivity contribution in [3.63, 3.8) is 0 Å². The van der Waals surface area contributed by atoms with Gasteiger partial charge in [0.1, 0.15) is 18.1 Å². The van der Waals surface area contributed by atoms with Gasteiger partial charge in [0.05, 0.1) is 29.7 Å². The molecule has 1 atom stereocenters. The van der Waals surface area contributed by atoms with Gasteiger partial charge < -0.3 is 19.1 Å². The van der Waals surface area contributed by atoms with E-state index in [1.54, 1.807) is 12.4 Å². The number of aromatic nitrogens is 2. The van der Waals surface area contributed by atoms with Crippen LogP contribution >= 0.6 is 0 Å². The number of hydrogen-bond donors (Lipinski definition) is 0. The van der Waals surface area contributed by atoms with E-state index >= 15 is 0 Å². The molecule has 2 saturated heterocycles. The molecule has 1 unspecified atom stereocenters. The fourth-order valence-corrected chi connectivity index (χ4v) is 5.87. The number of hydrogen-bond acceptors (Lipinski definition) is 5. The number of anilines is 1. The van der Waals surface area contributed by atoms with Gasteiger partial charge in [0.15, 0.2) is 0 Å². The van der Waals surface area contributed by atoms with Crippen LogP contribution in [0.1, 0.15) is 18.4 Å². The summed E-state index contributed by atoms with van der Waals surface area (Å²) in [6, 6.07) is 23.2. The van der Waals surface area contributed by atoms with Gasteiger partial charge in [-0.2, -0.15) is 0 Å². The number of likely N-dealkylation sites (tertiary alicyclic amines) is 1. The minimum atomic E-state index is -0.155. The molecule has 7 nitrogen and oxygen atoms in total. The highest BCUT2D eigenvalue weighted by Gasteiger charge is 2.25. The lowest BCUT2D eigenvalue weighted by Gasteiger charge is -2.36. The third-order valence-electron chi connectivity index (χ3n) is 8.06. The number of ether oxygens (including phenoxy) is 1. The Hall–Kier alpha value is -3.91. The van der Waals surface area contributed by atoms with Gasteiger partial charge in [-0.25, -0.2) is 9.37 Å². The molecule has 4 aromatic rings. The summed E-state index contributed by atoms with van der Waals surface area (Å²) < 4.78 is 22.3. The number of halogens is 1. The lowest BCUT2D eigenvalue weighted by molar-refractivity contribution is -0.133. The van der Waals surface area contributed by atoms with Crippen LogP contribution in [0.3, 0.4) is 0 Å². The number of fused-ring (bicyclic) bond motifs is 1. The second-order valence-electron chi connectivity index (χ2n) is 10.9. The van der Waals surface area contributed by atoms with E-state index in [2.05, 4.69) is 26.9 Å². The quantitative estimate of drug-likeness (QED) is 0.320. The number of amides is 1. The minimum Gasteiger partial charge on any atom is -0.493 e. The summed E-state index contributed by atoms with van der Waals surface area (Å²) in [6.07, 6.45) is 3.80. The zero-order valence-corrected chi connectivity index (χ0v) is 22.8. The highest BCUT2D eigenvalue weighted by atomic mass is 19.1. The topological polar surface area (TPSA) is 53.8 Å². The van der Waals surface area contributed by atoms with Crippen LogP contribution in [-0.2, 0) is 17.9 Å². The Morgan fingerprint density at radius 3 is 2.65 bits per heavy atom. The van der Waals surface area contributed by atoms with Crippen LogP contribution in [0, 0.1) is 11.7 Å². The smallest absolute Gasteiger partial charge is 0.242 e. The van der Waals surface area contributed by atoms with Gasteiger partial charge in [-0.15, -0.1) is 0 Å². The number of benzene rings is 3.